The Balaban J connectivity index is 2.69. The van der Waals surface area contributed by atoms with Crippen LogP contribution in [0.3, 0.4) is 0 Å². The number of hydrogen-bond acceptors (Lipinski definition) is 3. The average Bonchev–Trinajstić information content (AvgIpc) is 2.15. The largest absolute Gasteiger partial charge is 0.504 e. The first-order chi connectivity index (χ1) is 6.20. The molecule has 0 unspecified atom stereocenters. The van der Waals surface area contributed by atoms with E-state index >= 15 is 0 Å². The molecule has 0 fully saturated rings. The van der Waals surface area contributed by atoms with E-state index in [1.54, 1.807) is 12.1 Å². The van der Waals surface area contributed by atoms with Crippen LogP contribution in [-0.4, -0.2) is 16.7 Å². The van der Waals surface area contributed by atoms with Crippen molar-refractivity contribution in [3.8, 4) is 0 Å². The molecule has 1 aromatic rings. The Hall–Kier alpha value is -1.90. The van der Waals surface area contributed by atoms with Gasteiger partial charge in [0.1, 0.15) is 0 Å². The van der Waals surface area contributed by atoms with Gasteiger partial charge in [-0.15, -0.1) is 0 Å². The minimum Gasteiger partial charge on any atom is -0.504 e. The van der Waals surface area contributed by atoms with Crippen LogP contribution in [0.1, 0.15) is 20.7 Å². The number of ketones is 2. The van der Waals surface area contributed by atoms with Crippen LogP contribution in [0.4, 0.5) is 0 Å². The summed E-state index contributed by atoms with van der Waals surface area (Å²) in [5.74, 6) is -1.60. The lowest BCUT2D eigenvalue weighted by molar-refractivity contribution is 0.0933. The Morgan fingerprint density at radius 1 is 1.08 bits per heavy atom. The normalized spacial score (nSPS) is 15.2. The van der Waals surface area contributed by atoms with Gasteiger partial charge in [-0.3, -0.25) is 9.59 Å². The van der Waals surface area contributed by atoms with Gasteiger partial charge in [-0.25, -0.2) is 0 Å². The molecule has 1 N–H and O–H groups in total. The maximum Gasteiger partial charge on any atom is 0.228 e. The molecule has 1 aliphatic carbocycles. The maximum atomic E-state index is 11.3. The SMILES string of the molecule is O=C1[C]=C(O)C(=O)c2ccccc21. The molecule has 3 heteroatoms. The predicted octanol–water partition coefficient (Wildman–Crippen LogP) is 1.31. The van der Waals surface area contributed by atoms with Crippen molar-refractivity contribution in [2.75, 3.05) is 0 Å². The van der Waals surface area contributed by atoms with Crippen LogP contribution in [0.25, 0.3) is 0 Å². The number of hydrogen-bond donors (Lipinski definition) is 1. The summed E-state index contributed by atoms with van der Waals surface area (Å²) in [6, 6.07) is 6.35. The summed E-state index contributed by atoms with van der Waals surface area (Å²) < 4.78 is 0. The molecule has 0 bridgehead atoms. The maximum absolute atomic E-state index is 11.3. The van der Waals surface area contributed by atoms with Crippen LogP contribution in [-0.2, 0) is 0 Å². The third-order valence-corrected chi connectivity index (χ3v) is 1.86. The molecule has 3 nitrogen and oxygen atoms in total. The van der Waals surface area contributed by atoms with Crippen LogP contribution in [0, 0.1) is 6.08 Å². The topological polar surface area (TPSA) is 54.4 Å². The van der Waals surface area contributed by atoms with Crippen LogP contribution >= 0.6 is 0 Å². The number of rotatable bonds is 0. The van der Waals surface area contributed by atoms with E-state index in [1.165, 1.54) is 12.1 Å². The van der Waals surface area contributed by atoms with Crippen molar-refractivity contribution in [3.63, 3.8) is 0 Å². The van der Waals surface area contributed by atoms with Gasteiger partial charge < -0.3 is 5.11 Å². The minimum atomic E-state index is -0.608. The van der Waals surface area contributed by atoms with Gasteiger partial charge in [-0.2, -0.15) is 0 Å². The molecule has 2 rings (SSSR count). The Morgan fingerprint density at radius 3 is 2.38 bits per heavy atom. The molecular weight excluding hydrogens is 168 g/mol. The first kappa shape index (κ1) is 7.73. The van der Waals surface area contributed by atoms with Crippen molar-refractivity contribution in [2.45, 2.75) is 0 Å². The minimum absolute atomic E-state index is 0.240. The van der Waals surface area contributed by atoms with Crippen molar-refractivity contribution >= 4 is 11.6 Å². The Kier molecular flexibility index (Phi) is 1.52. The van der Waals surface area contributed by atoms with Crippen LogP contribution in [0.15, 0.2) is 30.0 Å². The second-order valence-electron chi connectivity index (χ2n) is 2.68. The van der Waals surface area contributed by atoms with Gasteiger partial charge in [0.25, 0.3) is 0 Å². The van der Waals surface area contributed by atoms with E-state index < -0.39 is 17.3 Å². The zero-order valence-electron chi connectivity index (χ0n) is 6.57. The summed E-state index contributed by atoms with van der Waals surface area (Å²) in [6.45, 7) is 0. The van der Waals surface area contributed by atoms with Gasteiger partial charge in [-0.1, -0.05) is 24.3 Å². The fourth-order valence-electron chi connectivity index (χ4n) is 1.24. The Bertz CT molecular complexity index is 430. The number of aliphatic hydroxyl groups is 1. The predicted molar refractivity (Wildman–Crippen MR) is 44.5 cm³/mol. The summed E-state index contributed by atoms with van der Waals surface area (Å²) >= 11 is 0. The Morgan fingerprint density at radius 2 is 1.69 bits per heavy atom. The zero-order chi connectivity index (χ0) is 9.42. The number of carbonyl (C=O) groups excluding carboxylic acids is 2. The fourth-order valence-corrected chi connectivity index (χ4v) is 1.24. The number of benzene rings is 1. The highest BCUT2D eigenvalue weighted by molar-refractivity contribution is 6.21. The second-order valence-corrected chi connectivity index (χ2v) is 2.68. The van der Waals surface area contributed by atoms with E-state index in [-0.39, 0.29) is 5.56 Å². The van der Waals surface area contributed by atoms with Crippen molar-refractivity contribution in [3.05, 3.63) is 47.2 Å². The van der Waals surface area contributed by atoms with Crippen molar-refractivity contribution in [1.82, 2.24) is 0 Å². The number of carbonyl (C=O) groups is 2. The summed E-state index contributed by atoms with van der Waals surface area (Å²) in [6.07, 6.45) is 2.07. The summed E-state index contributed by atoms with van der Waals surface area (Å²) in [5.41, 5.74) is 0.536. The number of Topliss-reactive ketones (excluding diaryl/α,β-unsaturated/α-hetero) is 2. The molecule has 0 atom stereocenters. The van der Waals surface area contributed by atoms with E-state index in [1.807, 2.05) is 0 Å². The lowest BCUT2D eigenvalue weighted by Gasteiger charge is -2.09. The summed E-state index contributed by atoms with van der Waals surface area (Å²) in [7, 11) is 0. The highest BCUT2D eigenvalue weighted by Crippen LogP contribution is 2.18. The zero-order valence-corrected chi connectivity index (χ0v) is 6.57. The molecule has 0 saturated heterocycles. The highest BCUT2D eigenvalue weighted by Gasteiger charge is 2.24. The highest BCUT2D eigenvalue weighted by atomic mass is 16.3. The molecule has 0 aromatic heterocycles. The first-order valence-electron chi connectivity index (χ1n) is 3.71. The van der Waals surface area contributed by atoms with Gasteiger partial charge in [0, 0.05) is 11.1 Å². The van der Waals surface area contributed by atoms with E-state index in [0.29, 0.717) is 5.56 Å². The number of aliphatic hydroxyl groups excluding tert-OH is 1. The van der Waals surface area contributed by atoms with Gasteiger partial charge in [0.05, 0.1) is 6.08 Å². The van der Waals surface area contributed by atoms with E-state index in [0.717, 1.165) is 0 Å². The fraction of sp³-hybridized carbons (Fsp3) is 0. The van der Waals surface area contributed by atoms with Crippen LogP contribution < -0.4 is 0 Å². The van der Waals surface area contributed by atoms with E-state index in [9.17, 15) is 9.59 Å². The summed E-state index contributed by atoms with van der Waals surface area (Å²) in [4.78, 5) is 22.5. The molecule has 0 amide bonds. The molecule has 13 heavy (non-hydrogen) atoms. The van der Waals surface area contributed by atoms with Gasteiger partial charge in [0.2, 0.25) is 5.78 Å². The van der Waals surface area contributed by atoms with Crippen molar-refractivity contribution in [2.24, 2.45) is 0 Å². The second kappa shape index (κ2) is 2.55. The monoisotopic (exact) mass is 173 g/mol. The first-order valence-corrected chi connectivity index (χ1v) is 3.71. The van der Waals surface area contributed by atoms with Crippen LogP contribution in [0.2, 0.25) is 0 Å². The van der Waals surface area contributed by atoms with Crippen LogP contribution in [0.5, 0.6) is 0 Å². The van der Waals surface area contributed by atoms with Gasteiger partial charge in [-0.05, 0) is 0 Å². The molecular formula is C10H5O3. The molecule has 0 heterocycles. The van der Waals surface area contributed by atoms with Gasteiger partial charge >= 0.3 is 0 Å². The Labute approximate surface area is 74.3 Å². The number of fused-ring (bicyclic) bond motifs is 1. The smallest absolute Gasteiger partial charge is 0.228 e. The molecule has 1 radical (unpaired) electrons. The lowest BCUT2D eigenvalue weighted by atomic mass is 9.94. The summed E-state index contributed by atoms with van der Waals surface area (Å²) in [5, 5.41) is 9.03. The number of allylic oxidation sites excluding steroid dienone is 2. The third-order valence-electron chi connectivity index (χ3n) is 1.86. The van der Waals surface area contributed by atoms with E-state index in [4.69, 9.17) is 5.11 Å². The molecule has 0 saturated carbocycles. The molecule has 0 spiro atoms. The molecule has 1 aromatic carbocycles. The third kappa shape index (κ3) is 1.05. The molecule has 1 aliphatic rings. The standard InChI is InChI=1S/C10H5O3/c11-8-5-9(12)10(13)7-4-2-1-3-6(7)8/h1-4,12H. The van der Waals surface area contributed by atoms with Gasteiger partial charge in [0.15, 0.2) is 11.5 Å². The lowest BCUT2D eigenvalue weighted by Crippen LogP contribution is -2.16. The molecule has 0 aliphatic heterocycles. The quantitative estimate of drug-likeness (QED) is 0.643. The average molecular weight is 173 g/mol. The van der Waals surface area contributed by atoms with Crippen molar-refractivity contribution in [1.29, 1.82) is 0 Å². The molecule has 63 valence electrons. The van der Waals surface area contributed by atoms with E-state index in [2.05, 4.69) is 6.08 Å². The van der Waals surface area contributed by atoms with Crippen molar-refractivity contribution < 1.29 is 14.7 Å².